The van der Waals surface area contributed by atoms with Crippen molar-refractivity contribution in [2.45, 2.75) is 50.7 Å². The molecule has 0 spiro atoms. The maximum atomic E-state index is 13.3. The number of benzene rings is 2. The Morgan fingerprint density at radius 2 is 1.94 bits per heavy atom. The van der Waals surface area contributed by atoms with Gasteiger partial charge >= 0.3 is 5.97 Å². The van der Waals surface area contributed by atoms with E-state index in [1.165, 1.54) is 6.08 Å². The highest BCUT2D eigenvalue weighted by atomic mass is 32.2. The second kappa shape index (κ2) is 10.3. The van der Waals surface area contributed by atoms with Gasteiger partial charge in [-0.25, -0.2) is 13.2 Å². The van der Waals surface area contributed by atoms with E-state index in [2.05, 4.69) is 17.3 Å². The van der Waals surface area contributed by atoms with Gasteiger partial charge in [-0.2, -0.15) is 4.31 Å². The van der Waals surface area contributed by atoms with Crippen molar-refractivity contribution < 1.29 is 22.7 Å². The van der Waals surface area contributed by atoms with Gasteiger partial charge in [0.2, 0.25) is 10.0 Å². The van der Waals surface area contributed by atoms with E-state index in [0.29, 0.717) is 24.4 Å². The van der Waals surface area contributed by atoms with Crippen molar-refractivity contribution in [2.75, 3.05) is 19.7 Å². The summed E-state index contributed by atoms with van der Waals surface area (Å²) < 4.78 is 41.1. The molecule has 0 N–H and O–H groups in total. The van der Waals surface area contributed by atoms with Crippen LogP contribution in [0.2, 0.25) is 0 Å². The highest BCUT2D eigenvalue weighted by molar-refractivity contribution is 7.89. The van der Waals surface area contributed by atoms with Gasteiger partial charge in [0.05, 0.1) is 16.6 Å². The lowest BCUT2D eigenvalue weighted by molar-refractivity contribution is 0.0550. The Balaban J connectivity index is 1.56. The number of nitrogens with zero attached hydrogens (tertiary/aromatic N) is 2. The van der Waals surface area contributed by atoms with Crippen molar-refractivity contribution >= 4 is 26.9 Å². The highest BCUT2D eigenvalue weighted by Gasteiger charge is 2.34. The van der Waals surface area contributed by atoms with Gasteiger partial charge in [0, 0.05) is 42.7 Å². The Bertz CT molecular complexity index is 1330. The molecular formula is C27H32N2O5S. The number of fused-ring (bicyclic) bond motifs is 1. The first kappa shape index (κ1) is 25.0. The molecule has 0 radical (unpaired) electrons. The minimum absolute atomic E-state index is 0.0240. The van der Waals surface area contributed by atoms with Crippen LogP contribution < -0.4 is 4.74 Å². The third-order valence-corrected chi connectivity index (χ3v) is 8.13. The van der Waals surface area contributed by atoms with Gasteiger partial charge in [0.15, 0.2) is 0 Å². The van der Waals surface area contributed by atoms with Gasteiger partial charge in [-0.15, -0.1) is 0 Å². The average molecular weight is 497 g/mol. The quantitative estimate of drug-likeness (QED) is 0.309. The number of carbonyl (C=O) groups excluding carboxylic acids is 1. The summed E-state index contributed by atoms with van der Waals surface area (Å²) in [5.74, 6) is 0.334. The van der Waals surface area contributed by atoms with Crippen molar-refractivity contribution in [3.63, 3.8) is 0 Å². The van der Waals surface area contributed by atoms with Gasteiger partial charge in [-0.3, -0.25) is 0 Å². The van der Waals surface area contributed by atoms with E-state index in [4.69, 9.17) is 9.47 Å². The molecule has 1 aliphatic heterocycles. The normalized spacial score (nSPS) is 16.6. The van der Waals surface area contributed by atoms with E-state index in [-0.39, 0.29) is 29.5 Å². The first-order valence-corrected chi connectivity index (χ1v) is 13.4. The van der Waals surface area contributed by atoms with Gasteiger partial charge in [-0.1, -0.05) is 18.7 Å². The van der Waals surface area contributed by atoms with Crippen LogP contribution >= 0.6 is 0 Å². The maximum Gasteiger partial charge on any atom is 0.338 e. The minimum atomic E-state index is -3.60. The van der Waals surface area contributed by atoms with Crippen LogP contribution in [0, 0.1) is 0 Å². The first-order valence-electron chi connectivity index (χ1n) is 11.9. The number of sulfonamides is 1. The molecule has 0 aliphatic carbocycles. The van der Waals surface area contributed by atoms with Crippen molar-refractivity contribution in [2.24, 2.45) is 0 Å². The molecule has 7 nitrogen and oxygen atoms in total. The molecule has 1 saturated heterocycles. The van der Waals surface area contributed by atoms with E-state index in [1.807, 2.05) is 32.9 Å². The minimum Gasteiger partial charge on any atom is -0.491 e. The Labute approximate surface area is 207 Å². The topological polar surface area (TPSA) is 77.8 Å². The summed E-state index contributed by atoms with van der Waals surface area (Å²) in [4.78, 5) is 12.6. The van der Waals surface area contributed by atoms with Crippen molar-refractivity contribution in [3.05, 3.63) is 72.4 Å². The molecule has 0 amide bonds. The molecule has 0 bridgehead atoms. The average Bonchev–Trinajstić information content (AvgIpc) is 3.47. The zero-order chi connectivity index (χ0) is 25.2. The summed E-state index contributed by atoms with van der Waals surface area (Å²) >= 11 is 0. The summed E-state index contributed by atoms with van der Waals surface area (Å²) in [6.45, 7) is 11.3. The molecule has 3 aromatic rings. The predicted molar refractivity (Wildman–Crippen MR) is 136 cm³/mol. The zero-order valence-corrected chi connectivity index (χ0v) is 21.3. The van der Waals surface area contributed by atoms with Crippen LogP contribution in [0.3, 0.4) is 0 Å². The Morgan fingerprint density at radius 3 is 2.60 bits per heavy atom. The molecule has 35 heavy (non-hydrogen) atoms. The van der Waals surface area contributed by atoms with Gasteiger partial charge in [0.25, 0.3) is 0 Å². The molecular weight excluding hydrogens is 464 g/mol. The predicted octanol–water partition coefficient (Wildman–Crippen LogP) is 4.97. The van der Waals surface area contributed by atoms with Crippen molar-refractivity contribution in [3.8, 4) is 5.75 Å². The molecule has 1 fully saturated rings. The molecule has 2 heterocycles. The van der Waals surface area contributed by atoms with Crippen LogP contribution in [0.5, 0.6) is 5.75 Å². The second-order valence-electron chi connectivity index (χ2n) is 8.98. The molecule has 4 rings (SSSR count). The van der Waals surface area contributed by atoms with E-state index >= 15 is 0 Å². The summed E-state index contributed by atoms with van der Waals surface area (Å²) in [5.41, 5.74) is 2.53. The Kier molecular flexibility index (Phi) is 7.33. The van der Waals surface area contributed by atoms with Crippen LogP contribution in [0.4, 0.5) is 0 Å². The van der Waals surface area contributed by atoms with Crippen LogP contribution in [0.1, 0.15) is 49.0 Å². The van der Waals surface area contributed by atoms with Gasteiger partial charge < -0.3 is 14.0 Å². The Morgan fingerprint density at radius 1 is 1.20 bits per heavy atom. The zero-order valence-electron chi connectivity index (χ0n) is 20.4. The molecule has 186 valence electrons. The molecule has 0 saturated carbocycles. The van der Waals surface area contributed by atoms with E-state index < -0.39 is 10.0 Å². The lowest BCUT2D eigenvalue weighted by Crippen LogP contribution is -2.28. The molecule has 1 aromatic heterocycles. The third-order valence-electron chi connectivity index (χ3n) is 6.25. The SMILES string of the molecule is C=CCOC(=O)c1ccc2c(C3CCN(S(=O)(=O)c4ccc(OC(C)C)cc4)C3)cn(CC)c2c1. The van der Waals surface area contributed by atoms with Gasteiger partial charge in [-0.05, 0) is 69.2 Å². The number of aryl methyl sites for hydroxylation is 1. The molecule has 1 aliphatic rings. The summed E-state index contributed by atoms with van der Waals surface area (Å²) in [6, 6.07) is 12.2. The third kappa shape index (κ3) is 5.13. The van der Waals surface area contributed by atoms with E-state index in [1.54, 1.807) is 34.6 Å². The number of rotatable bonds is 9. The fourth-order valence-corrected chi connectivity index (χ4v) is 6.06. The molecule has 1 unspecified atom stereocenters. The van der Waals surface area contributed by atoms with Crippen molar-refractivity contribution in [1.29, 1.82) is 0 Å². The summed E-state index contributed by atoms with van der Waals surface area (Å²) in [7, 11) is -3.60. The maximum absolute atomic E-state index is 13.3. The lowest BCUT2D eigenvalue weighted by Gasteiger charge is -2.17. The molecule has 2 aromatic carbocycles. The van der Waals surface area contributed by atoms with Crippen LogP contribution in [0.15, 0.2) is 66.2 Å². The largest absolute Gasteiger partial charge is 0.491 e. The lowest BCUT2D eigenvalue weighted by atomic mass is 9.97. The highest BCUT2D eigenvalue weighted by Crippen LogP contribution is 2.36. The second-order valence-corrected chi connectivity index (χ2v) is 10.9. The smallest absolute Gasteiger partial charge is 0.338 e. The van der Waals surface area contributed by atoms with Crippen LogP contribution in [0.25, 0.3) is 10.9 Å². The number of aromatic nitrogens is 1. The summed E-state index contributed by atoms with van der Waals surface area (Å²) in [6.07, 6.45) is 4.38. The standard InChI is InChI=1S/C27H32N2O5S/c1-5-15-33-27(30)20-7-12-24-25(18-28(6-2)26(24)16-20)21-13-14-29(17-21)35(31,32)23-10-8-22(9-11-23)34-19(3)4/h5,7-12,16,18-19,21H,1,6,13-15,17H2,2-4H3. The first-order chi connectivity index (χ1) is 16.7. The monoisotopic (exact) mass is 496 g/mol. The number of hydrogen-bond donors (Lipinski definition) is 0. The van der Waals surface area contributed by atoms with E-state index in [0.717, 1.165) is 29.4 Å². The number of carbonyl (C=O) groups is 1. The van der Waals surface area contributed by atoms with E-state index in [9.17, 15) is 13.2 Å². The number of ether oxygens (including phenoxy) is 2. The molecule has 8 heteroatoms. The Hall–Kier alpha value is -3.10. The fraction of sp³-hybridized carbons (Fsp3) is 0.370. The summed E-state index contributed by atoms with van der Waals surface area (Å²) in [5, 5.41) is 1.03. The van der Waals surface area contributed by atoms with Crippen LogP contribution in [-0.4, -0.2) is 49.1 Å². The number of esters is 1. The van der Waals surface area contributed by atoms with Crippen molar-refractivity contribution in [1.82, 2.24) is 8.87 Å². The van der Waals surface area contributed by atoms with Crippen LogP contribution in [-0.2, 0) is 21.3 Å². The number of hydrogen-bond acceptors (Lipinski definition) is 5. The van der Waals surface area contributed by atoms with Gasteiger partial charge in [0.1, 0.15) is 12.4 Å². The fourth-order valence-electron chi connectivity index (χ4n) is 4.56. The molecule has 1 atom stereocenters.